The number of anilines is 1. The third-order valence-electron chi connectivity index (χ3n) is 4.73. The Hall–Kier alpha value is -2.67. The molecule has 0 unspecified atom stereocenters. The first-order valence-corrected chi connectivity index (χ1v) is 9.31. The third-order valence-corrected chi connectivity index (χ3v) is 5.02. The fraction of sp³-hybridized carbons (Fsp3) is 0.350. The van der Waals surface area contributed by atoms with E-state index in [1.807, 2.05) is 0 Å². The van der Waals surface area contributed by atoms with E-state index in [1.165, 1.54) is 12.1 Å². The largest absolute Gasteiger partial charge is 0.460 e. The molecule has 1 aliphatic carbocycles. The van der Waals surface area contributed by atoms with Crippen LogP contribution in [0.4, 0.5) is 10.1 Å². The second-order valence-corrected chi connectivity index (χ2v) is 7.11. The number of ether oxygens (including phenoxy) is 1. The number of Topliss-reactive ketones (excluding diaryl/α,β-unsaturated/α-hetero) is 1. The number of carbonyl (C=O) groups is 3. The summed E-state index contributed by atoms with van der Waals surface area (Å²) in [5, 5.41) is 2.55. The molecule has 1 saturated carbocycles. The van der Waals surface area contributed by atoms with Gasteiger partial charge in [0, 0.05) is 18.4 Å². The summed E-state index contributed by atoms with van der Waals surface area (Å²) in [6.07, 6.45) is 1.77. The van der Waals surface area contributed by atoms with Crippen molar-refractivity contribution in [2.75, 3.05) is 11.9 Å². The fourth-order valence-corrected chi connectivity index (χ4v) is 3.54. The maximum atomic E-state index is 13.3. The van der Waals surface area contributed by atoms with E-state index in [0.717, 1.165) is 18.9 Å². The van der Waals surface area contributed by atoms with E-state index in [1.54, 1.807) is 25.5 Å². The predicted octanol–water partition coefficient (Wildman–Crippen LogP) is 4.00. The van der Waals surface area contributed by atoms with Crippen LogP contribution in [0.25, 0.3) is 0 Å². The molecule has 3 rings (SSSR count). The smallest absolute Gasteiger partial charge is 0.379 e. The molecule has 0 aliphatic heterocycles. The van der Waals surface area contributed by atoms with Crippen LogP contribution in [0.1, 0.15) is 57.8 Å². The lowest BCUT2D eigenvalue weighted by Crippen LogP contribution is -2.19. The van der Waals surface area contributed by atoms with Crippen LogP contribution in [0, 0.1) is 12.7 Å². The van der Waals surface area contributed by atoms with Gasteiger partial charge in [-0.15, -0.1) is 0 Å². The summed E-state index contributed by atoms with van der Waals surface area (Å²) in [6, 6.07) is 3.85. The highest BCUT2D eigenvalue weighted by atomic mass is 35.5. The first-order valence-electron chi connectivity index (χ1n) is 8.93. The van der Waals surface area contributed by atoms with Gasteiger partial charge in [-0.1, -0.05) is 11.6 Å². The summed E-state index contributed by atoms with van der Waals surface area (Å²) >= 11 is 5.76. The first kappa shape index (κ1) is 20.1. The summed E-state index contributed by atoms with van der Waals surface area (Å²) in [5.74, 6) is -2.63. The molecule has 1 heterocycles. The molecular weight excluding hydrogens is 387 g/mol. The minimum atomic E-state index is -0.935. The third kappa shape index (κ3) is 3.67. The molecule has 1 amide bonds. The molecule has 1 aliphatic rings. The van der Waals surface area contributed by atoms with E-state index in [2.05, 4.69) is 5.32 Å². The van der Waals surface area contributed by atoms with Crippen molar-refractivity contribution in [3.05, 3.63) is 51.6 Å². The van der Waals surface area contributed by atoms with E-state index in [0.29, 0.717) is 16.9 Å². The lowest BCUT2D eigenvalue weighted by Gasteiger charge is -2.09. The van der Waals surface area contributed by atoms with Crippen molar-refractivity contribution >= 4 is 34.9 Å². The Morgan fingerprint density at radius 1 is 1.32 bits per heavy atom. The molecule has 2 aromatic rings. The second kappa shape index (κ2) is 7.75. The molecule has 0 radical (unpaired) electrons. The molecule has 0 atom stereocenters. The van der Waals surface area contributed by atoms with Crippen molar-refractivity contribution in [3.63, 3.8) is 0 Å². The minimum Gasteiger partial charge on any atom is -0.460 e. The number of nitrogens with one attached hydrogen (secondary N) is 1. The average molecular weight is 407 g/mol. The van der Waals surface area contributed by atoms with Gasteiger partial charge in [0.2, 0.25) is 0 Å². The van der Waals surface area contributed by atoms with Crippen LogP contribution < -0.4 is 5.32 Å². The van der Waals surface area contributed by atoms with Crippen molar-refractivity contribution in [1.82, 2.24) is 4.57 Å². The fourth-order valence-electron chi connectivity index (χ4n) is 3.36. The Kier molecular flexibility index (Phi) is 5.56. The van der Waals surface area contributed by atoms with Crippen molar-refractivity contribution in [1.29, 1.82) is 0 Å². The Bertz CT molecular complexity index is 979. The monoisotopic (exact) mass is 406 g/mol. The van der Waals surface area contributed by atoms with Gasteiger partial charge in [0.25, 0.3) is 11.7 Å². The SMILES string of the molecule is CCOC(=O)C(=O)c1c(C)c(C(=O)Nc2ccc(F)c(Cl)c2)n(C)c1C1CC1. The highest BCUT2D eigenvalue weighted by Gasteiger charge is 2.37. The highest BCUT2D eigenvalue weighted by molar-refractivity contribution is 6.41. The zero-order valence-electron chi connectivity index (χ0n) is 15.8. The minimum absolute atomic E-state index is 0.0912. The number of hydrogen-bond acceptors (Lipinski definition) is 4. The molecule has 28 heavy (non-hydrogen) atoms. The molecule has 0 spiro atoms. The van der Waals surface area contributed by atoms with Crippen LogP contribution in [0.5, 0.6) is 0 Å². The van der Waals surface area contributed by atoms with Crippen LogP contribution in [0.3, 0.4) is 0 Å². The van der Waals surface area contributed by atoms with Crippen LogP contribution in [0.2, 0.25) is 5.02 Å². The molecule has 1 aromatic heterocycles. The van der Waals surface area contributed by atoms with Crippen LogP contribution in [-0.4, -0.2) is 28.8 Å². The zero-order chi connectivity index (χ0) is 20.6. The lowest BCUT2D eigenvalue weighted by molar-refractivity contribution is -0.137. The number of benzene rings is 1. The normalized spacial score (nSPS) is 13.3. The number of rotatable bonds is 6. The van der Waals surface area contributed by atoms with Crippen molar-refractivity contribution in [2.24, 2.45) is 7.05 Å². The summed E-state index contributed by atoms with van der Waals surface area (Å²) in [6.45, 7) is 3.34. The van der Waals surface area contributed by atoms with Gasteiger partial charge in [-0.25, -0.2) is 9.18 Å². The molecule has 0 bridgehead atoms. The van der Waals surface area contributed by atoms with Gasteiger partial charge in [0.1, 0.15) is 11.5 Å². The maximum Gasteiger partial charge on any atom is 0.379 e. The number of nitrogens with zero attached hydrogens (tertiary/aromatic N) is 1. The summed E-state index contributed by atoms with van der Waals surface area (Å²) in [5.41, 5.74) is 1.88. The molecule has 1 N–H and O–H groups in total. The van der Waals surface area contributed by atoms with E-state index >= 15 is 0 Å². The van der Waals surface area contributed by atoms with Gasteiger partial charge < -0.3 is 14.6 Å². The Balaban J connectivity index is 2.00. The van der Waals surface area contributed by atoms with Crippen molar-refractivity contribution in [2.45, 2.75) is 32.6 Å². The average Bonchev–Trinajstić information content (AvgIpc) is 3.43. The Morgan fingerprint density at radius 3 is 2.57 bits per heavy atom. The number of esters is 1. The number of aromatic nitrogens is 1. The number of ketones is 1. The van der Waals surface area contributed by atoms with Gasteiger partial charge in [-0.05, 0) is 56.4 Å². The summed E-state index contributed by atoms with van der Waals surface area (Å²) in [7, 11) is 1.69. The van der Waals surface area contributed by atoms with Gasteiger partial charge in [-0.2, -0.15) is 0 Å². The summed E-state index contributed by atoms with van der Waals surface area (Å²) in [4.78, 5) is 37.6. The van der Waals surface area contributed by atoms with E-state index < -0.39 is 23.5 Å². The zero-order valence-corrected chi connectivity index (χ0v) is 16.5. The molecule has 148 valence electrons. The number of amides is 1. The topological polar surface area (TPSA) is 77.4 Å². The number of halogens is 2. The molecule has 6 nitrogen and oxygen atoms in total. The maximum absolute atomic E-state index is 13.3. The molecule has 1 fully saturated rings. The molecule has 8 heteroatoms. The van der Waals surface area contributed by atoms with Gasteiger partial charge >= 0.3 is 5.97 Å². The molecule has 1 aromatic carbocycles. The Morgan fingerprint density at radius 2 is 2.00 bits per heavy atom. The van der Waals surface area contributed by atoms with Gasteiger partial charge in [0.05, 0.1) is 17.2 Å². The predicted molar refractivity (Wildman–Crippen MR) is 102 cm³/mol. The Labute approximate surface area is 166 Å². The van der Waals surface area contributed by atoms with E-state index in [-0.39, 0.29) is 28.8 Å². The standard InChI is InChI=1S/C20H20ClFN2O4/c1-4-28-20(27)18(25)15-10(2)16(24(3)17(15)11-5-6-11)19(26)23-12-7-8-14(22)13(21)9-12/h7-9,11H,4-6H2,1-3H3,(H,23,26). The van der Waals surface area contributed by atoms with Crippen LogP contribution in [0.15, 0.2) is 18.2 Å². The number of carbonyl (C=O) groups excluding carboxylic acids is 3. The number of hydrogen-bond donors (Lipinski definition) is 1. The summed E-state index contributed by atoms with van der Waals surface area (Å²) < 4.78 is 19.8. The van der Waals surface area contributed by atoms with Gasteiger partial charge in [-0.3, -0.25) is 9.59 Å². The molecular formula is C20H20ClFN2O4. The van der Waals surface area contributed by atoms with Crippen molar-refractivity contribution in [3.8, 4) is 0 Å². The van der Waals surface area contributed by atoms with Gasteiger partial charge in [0.15, 0.2) is 0 Å². The lowest BCUT2D eigenvalue weighted by atomic mass is 10.0. The van der Waals surface area contributed by atoms with Crippen LogP contribution >= 0.6 is 11.6 Å². The van der Waals surface area contributed by atoms with E-state index in [9.17, 15) is 18.8 Å². The first-order chi connectivity index (χ1) is 13.3. The van der Waals surface area contributed by atoms with Crippen molar-refractivity contribution < 1.29 is 23.5 Å². The quantitative estimate of drug-likeness (QED) is 0.447. The van der Waals surface area contributed by atoms with E-state index in [4.69, 9.17) is 16.3 Å². The second-order valence-electron chi connectivity index (χ2n) is 6.70. The van der Waals surface area contributed by atoms with Crippen LogP contribution in [-0.2, 0) is 16.6 Å². The highest BCUT2D eigenvalue weighted by Crippen LogP contribution is 2.44. The molecule has 0 saturated heterocycles.